The van der Waals surface area contributed by atoms with Gasteiger partial charge < -0.3 is 10.1 Å². The van der Waals surface area contributed by atoms with E-state index in [4.69, 9.17) is 4.74 Å². The van der Waals surface area contributed by atoms with Crippen molar-refractivity contribution in [1.82, 2.24) is 5.32 Å². The number of esters is 1. The molecule has 0 saturated heterocycles. The third-order valence-corrected chi connectivity index (χ3v) is 1.98. The number of hydrogen-bond acceptors (Lipinski definition) is 3. The van der Waals surface area contributed by atoms with E-state index in [1.165, 1.54) is 0 Å². The standard InChI is InChI=1S/C12H15NO2/c1-3-13-11(12(14)15-4-2)10-8-6-5-7-9-10/h4-9,11,13H,2-3H2,1H3. The number of nitrogens with one attached hydrogen (secondary N) is 1. The van der Waals surface area contributed by atoms with Crippen LogP contribution in [0.1, 0.15) is 18.5 Å². The molecule has 0 amide bonds. The minimum atomic E-state index is -0.422. The summed E-state index contributed by atoms with van der Waals surface area (Å²) < 4.78 is 4.77. The molecular weight excluding hydrogens is 190 g/mol. The highest BCUT2D eigenvalue weighted by atomic mass is 16.5. The van der Waals surface area contributed by atoms with Gasteiger partial charge in [0.25, 0.3) is 0 Å². The molecule has 1 atom stereocenters. The van der Waals surface area contributed by atoms with Crippen LogP contribution >= 0.6 is 0 Å². The second-order valence-electron chi connectivity index (χ2n) is 3.00. The van der Waals surface area contributed by atoms with Crippen molar-refractivity contribution in [1.29, 1.82) is 0 Å². The smallest absolute Gasteiger partial charge is 0.332 e. The summed E-state index contributed by atoms with van der Waals surface area (Å²) in [7, 11) is 0. The molecule has 0 saturated carbocycles. The van der Waals surface area contributed by atoms with E-state index in [9.17, 15) is 4.79 Å². The summed E-state index contributed by atoms with van der Waals surface area (Å²) in [4.78, 5) is 11.6. The van der Waals surface area contributed by atoms with Crippen LogP contribution in [0.5, 0.6) is 0 Å². The van der Waals surface area contributed by atoms with Crippen molar-refractivity contribution in [3.05, 3.63) is 48.7 Å². The molecule has 0 aliphatic heterocycles. The normalized spacial score (nSPS) is 11.8. The summed E-state index contributed by atoms with van der Waals surface area (Å²) in [6.45, 7) is 6.01. The van der Waals surface area contributed by atoms with Crippen LogP contribution in [0.3, 0.4) is 0 Å². The predicted molar refractivity (Wildman–Crippen MR) is 59.1 cm³/mol. The maximum atomic E-state index is 11.6. The van der Waals surface area contributed by atoms with Crippen LogP contribution in [0.15, 0.2) is 43.2 Å². The Morgan fingerprint density at radius 3 is 2.73 bits per heavy atom. The molecule has 0 bridgehead atoms. The first kappa shape index (κ1) is 11.5. The van der Waals surface area contributed by atoms with Crippen LogP contribution in [-0.4, -0.2) is 12.5 Å². The molecule has 0 aromatic heterocycles. The monoisotopic (exact) mass is 205 g/mol. The number of hydrogen-bond donors (Lipinski definition) is 1. The zero-order chi connectivity index (χ0) is 11.1. The van der Waals surface area contributed by atoms with E-state index in [2.05, 4.69) is 11.9 Å². The third kappa shape index (κ3) is 3.22. The molecule has 1 aromatic rings. The van der Waals surface area contributed by atoms with Crippen LogP contribution in [0, 0.1) is 0 Å². The van der Waals surface area contributed by atoms with Crippen molar-refractivity contribution in [2.45, 2.75) is 13.0 Å². The van der Waals surface area contributed by atoms with E-state index < -0.39 is 6.04 Å². The average molecular weight is 205 g/mol. The molecule has 0 heterocycles. The highest BCUT2D eigenvalue weighted by Crippen LogP contribution is 2.13. The minimum absolute atomic E-state index is 0.335. The Kier molecular flexibility index (Phi) is 4.57. The van der Waals surface area contributed by atoms with Gasteiger partial charge in [-0.3, -0.25) is 0 Å². The number of likely N-dealkylation sites (N-methyl/N-ethyl adjacent to an activating group) is 1. The van der Waals surface area contributed by atoms with Gasteiger partial charge in [-0.25, -0.2) is 4.79 Å². The number of carbonyl (C=O) groups is 1. The maximum Gasteiger partial charge on any atom is 0.332 e. The van der Waals surface area contributed by atoms with E-state index in [0.29, 0.717) is 6.54 Å². The largest absolute Gasteiger partial charge is 0.434 e. The minimum Gasteiger partial charge on any atom is -0.434 e. The van der Waals surface area contributed by atoms with E-state index in [0.717, 1.165) is 11.8 Å². The van der Waals surface area contributed by atoms with Crippen LogP contribution < -0.4 is 5.32 Å². The molecule has 80 valence electrons. The fourth-order valence-corrected chi connectivity index (χ4v) is 1.34. The van der Waals surface area contributed by atoms with Crippen molar-refractivity contribution in [2.75, 3.05) is 6.54 Å². The summed E-state index contributed by atoms with van der Waals surface area (Å²) in [6.07, 6.45) is 1.15. The molecular formula is C12H15NO2. The Hall–Kier alpha value is -1.61. The van der Waals surface area contributed by atoms with Crippen molar-refractivity contribution >= 4 is 5.97 Å². The van der Waals surface area contributed by atoms with E-state index in [1.807, 2.05) is 37.3 Å². The van der Waals surface area contributed by atoms with E-state index in [-0.39, 0.29) is 5.97 Å². The van der Waals surface area contributed by atoms with Crippen molar-refractivity contribution in [3.63, 3.8) is 0 Å². The SMILES string of the molecule is C=COC(=O)C(NCC)c1ccccc1. The average Bonchev–Trinajstić information content (AvgIpc) is 2.27. The maximum absolute atomic E-state index is 11.6. The Bertz CT molecular complexity index is 322. The Morgan fingerprint density at radius 2 is 2.20 bits per heavy atom. The van der Waals surface area contributed by atoms with Crippen LogP contribution in [-0.2, 0) is 9.53 Å². The van der Waals surface area contributed by atoms with Crippen LogP contribution in [0.2, 0.25) is 0 Å². The number of rotatable bonds is 5. The summed E-state index contributed by atoms with van der Waals surface area (Å²) in [5.41, 5.74) is 0.895. The van der Waals surface area contributed by atoms with Gasteiger partial charge in [0.05, 0.1) is 6.26 Å². The highest BCUT2D eigenvalue weighted by molar-refractivity contribution is 5.78. The van der Waals surface area contributed by atoms with Gasteiger partial charge in [0.2, 0.25) is 0 Å². The van der Waals surface area contributed by atoms with Gasteiger partial charge in [-0.05, 0) is 12.1 Å². The van der Waals surface area contributed by atoms with Crippen molar-refractivity contribution in [2.24, 2.45) is 0 Å². The van der Waals surface area contributed by atoms with Gasteiger partial charge >= 0.3 is 5.97 Å². The molecule has 15 heavy (non-hydrogen) atoms. The van der Waals surface area contributed by atoms with Gasteiger partial charge in [-0.2, -0.15) is 0 Å². The third-order valence-electron chi connectivity index (χ3n) is 1.98. The molecule has 3 nitrogen and oxygen atoms in total. The summed E-state index contributed by atoms with van der Waals surface area (Å²) >= 11 is 0. The molecule has 1 rings (SSSR count). The Morgan fingerprint density at radius 1 is 1.53 bits per heavy atom. The quantitative estimate of drug-likeness (QED) is 0.590. The number of carbonyl (C=O) groups excluding carboxylic acids is 1. The van der Waals surface area contributed by atoms with Gasteiger partial charge in [-0.15, -0.1) is 0 Å². The van der Waals surface area contributed by atoms with Crippen molar-refractivity contribution < 1.29 is 9.53 Å². The number of benzene rings is 1. The molecule has 1 aromatic carbocycles. The summed E-state index contributed by atoms with van der Waals surface area (Å²) in [5, 5.41) is 3.06. The highest BCUT2D eigenvalue weighted by Gasteiger charge is 2.19. The molecule has 0 fully saturated rings. The first-order chi connectivity index (χ1) is 7.29. The Balaban J connectivity index is 2.82. The lowest BCUT2D eigenvalue weighted by atomic mass is 10.1. The van der Waals surface area contributed by atoms with E-state index >= 15 is 0 Å². The fourth-order valence-electron chi connectivity index (χ4n) is 1.34. The zero-order valence-electron chi connectivity index (χ0n) is 8.77. The number of ether oxygens (including phenoxy) is 1. The molecule has 0 aliphatic carbocycles. The van der Waals surface area contributed by atoms with Crippen LogP contribution in [0.25, 0.3) is 0 Å². The van der Waals surface area contributed by atoms with Gasteiger partial charge in [-0.1, -0.05) is 43.8 Å². The van der Waals surface area contributed by atoms with Crippen molar-refractivity contribution in [3.8, 4) is 0 Å². The molecule has 0 spiro atoms. The lowest BCUT2D eigenvalue weighted by Crippen LogP contribution is -2.29. The second kappa shape index (κ2) is 5.98. The molecule has 0 aliphatic rings. The molecule has 1 unspecified atom stereocenters. The molecule has 3 heteroatoms. The lowest BCUT2D eigenvalue weighted by molar-refractivity contribution is -0.140. The van der Waals surface area contributed by atoms with Crippen LogP contribution in [0.4, 0.5) is 0 Å². The summed E-state index contributed by atoms with van der Waals surface area (Å²) in [5.74, 6) is -0.335. The first-order valence-corrected chi connectivity index (χ1v) is 4.89. The topological polar surface area (TPSA) is 38.3 Å². The lowest BCUT2D eigenvalue weighted by Gasteiger charge is -2.15. The zero-order valence-corrected chi connectivity index (χ0v) is 8.77. The molecule has 0 radical (unpaired) electrons. The first-order valence-electron chi connectivity index (χ1n) is 4.89. The fraction of sp³-hybridized carbons (Fsp3) is 0.250. The van der Waals surface area contributed by atoms with Gasteiger partial charge in [0.1, 0.15) is 6.04 Å². The predicted octanol–water partition coefficient (Wildman–Crippen LogP) is 2.02. The second-order valence-corrected chi connectivity index (χ2v) is 3.00. The van der Waals surface area contributed by atoms with Gasteiger partial charge in [0, 0.05) is 0 Å². The Labute approximate surface area is 89.8 Å². The molecule has 1 N–H and O–H groups in total. The summed E-state index contributed by atoms with van der Waals surface area (Å²) in [6, 6.07) is 9.04. The van der Waals surface area contributed by atoms with E-state index in [1.54, 1.807) is 0 Å². The van der Waals surface area contributed by atoms with Gasteiger partial charge in [0.15, 0.2) is 0 Å².